The van der Waals surface area contributed by atoms with Gasteiger partial charge in [0.05, 0.1) is 16.9 Å². The molecule has 0 radical (unpaired) electrons. The van der Waals surface area contributed by atoms with Crippen molar-refractivity contribution in [2.24, 2.45) is 0 Å². The lowest BCUT2D eigenvalue weighted by molar-refractivity contribution is -0.115. The molecule has 0 spiro atoms. The molecule has 1 atom stereocenters. The number of nitrogens with zero attached hydrogens (tertiary/aromatic N) is 5. The van der Waals surface area contributed by atoms with Gasteiger partial charge in [-0.3, -0.25) is 9.36 Å². The largest absolute Gasteiger partial charge is 0.341 e. The highest BCUT2D eigenvalue weighted by molar-refractivity contribution is 8.00. The number of hydrogen-bond acceptors (Lipinski definition) is 6. The fourth-order valence-electron chi connectivity index (χ4n) is 3.40. The second kappa shape index (κ2) is 8.23. The number of thioether (sulfide) groups is 1. The molecule has 1 aromatic carbocycles. The smallest absolute Gasteiger partial charge is 0.237 e. The minimum absolute atomic E-state index is 0.0837. The van der Waals surface area contributed by atoms with Crippen LogP contribution in [0.2, 0.25) is 0 Å². The molecule has 4 rings (SSSR count). The molecular formula is C20H24N6OS. The van der Waals surface area contributed by atoms with E-state index in [4.69, 9.17) is 5.26 Å². The van der Waals surface area contributed by atoms with Gasteiger partial charge in [-0.1, -0.05) is 11.8 Å². The number of benzene rings is 1. The van der Waals surface area contributed by atoms with E-state index >= 15 is 0 Å². The van der Waals surface area contributed by atoms with Crippen molar-refractivity contribution in [1.82, 2.24) is 14.8 Å². The Kier molecular flexibility index (Phi) is 5.53. The number of carbonyl (C=O) groups is 1. The summed E-state index contributed by atoms with van der Waals surface area (Å²) in [7, 11) is 0. The second-order valence-corrected chi connectivity index (χ2v) is 8.68. The third-order valence-electron chi connectivity index (χ3n) is 5.13. The van der Waals surface area contributed by atoms with Gasteiger partial charge in [-0.25, -0.2) is 0 Å². The lowest BCUT2D eigenvalue weighted by atomic mass is 10.1. The number of rotatable bonds is 6. The van der Waals surface area contributed by atoms with E-state index in [-0.39, 0.29) is 11.2 Å². The number of amides is 1. The Balaban J connectivity index is 1.44. The Hall–Kier alpha value is -2.53. The summed E-state index contributed by atoms with van der Waals surface area (Å²) in [5.41, 5.74) is 1.26. The lowest BCUT2D eigenvalue weighted by Crippen LogP contribution is -2.32. The quantitative estimate of drug-likeness (QED) is 0.751. The van der Waals surface area contributed by atoms with Gasteiger partial charge < -0.3 is 10.2 Å². The molecular weight excluding hydrogens is 372 g/mol. The zero-order valence-electron chi connectivity index (χ0n) is 16.0. The average Bonchev–Trinajstić information content (AvgIpc) is 3.49. The van der Waals surface area contributed by atoms with Gasteiger partial charge in [-0.05, 0) is 63.3 Å². The summed E-state index contributed by atoms with van der Waals surface area (Å²) in [4.78, 5) is 14.9. The Morgan fingerprint density at radius 1 is 1.21 bits per heavy atom. The molecule has 1 N–H and O–H groups in total. The maximum absolute atomic E-state index is 12.6. The fraction of sp³-hybridized carbons (Fsp3) is 0.500. The SMILES string of the molecule is CC(Sc1nnc(N2CCCCC2)n1C1CC1)C(=O)Nc1ccc(C#N)cc1. The number of hydrogen-bond donors (Lipinski definition) is 1. The van der Waals surface area contributed by atoms with Gasteiger partial charge in [-0.2, -0.15) is 5.26 Å². The number of aromatic nitrogens is 3. The molecule has 1 saturated carbocycles. The van der Waals surface area contributed by atoms with Crippen LogP contribution in [0.25, 0.3) is 0 Å². The van der Waals surface area contributed by atoms with Gasteiger partial charge in [0.25, 0.3) is 0 Å². The van der Waals surface area contributed by atoms with Crippen molar-refractivity contribution >= 4 is 29.3 Å². The number of carbonyl (C=O) groups excluding carboxylic acids is 1. The monoisotopic (exact) mass is 396 g/mol. The molecule has 1 aliphatic carbocycles. The zero-order valence-corrected chi connectivity index (χ0v) is 16.8. The molecule has 0 bridgehead atoms. The van der Waals surface area contributed by atoms with Crippen LogP contribution in [-0.4, -0.2) is 39.0 Å². The molecule has 28 heavy (non-hydrogen) atoms. The maximum Gasteiger partial charge on any atom is 0.237 e. The number of nitriles is 1. The molecule has 2 fully saturated rings. The van der Waals surface area contributed by atoms with Crippen LogP contribution in [0, 0.1) is 11.3 Å². The number of piperidine rings is 1. The van der Waals surface area contributed by atoms with E-state index in [1.807, 2.05) is 6.92 Å². The van der Waals surface area contributed by atoms with Crippen LogP contribution in [0.5, 0.6) is 0 Å². The van der Waals surface area contributed by atoms with Crippen LogP contribution in [-0.2, 0) is 4.79 Å². The first-order chi connectivity index (χ1) is 13.7. The molecule has 2 heterocycles. The summed E-state index contributed by atoms with van der Waals surface area (Å²) in [6, 6.07) is 9.42. The van der Waals surface area contributed by atoms with E-state index in [2.05, 4.69) is 31.1 Å². The lowest BCUT2D eigenvalue weighted by Gasteiger charge is -2.28. The number of nitrogens with one attached hydrogen (secondary N) is 1. The van der Waals surface area contributed by atoms with Crippen LogP contribution in [0.1, 0.15) is 50.6 Å². The highest BCUT2D eigenvalue weighted by Gasteiger charge is 2.33. The van der Waals surface area contributed by atoms with Gasteiger partial charge in [0.15, 0.2) is 5.16 Å². The molecule has 7 nitrogen and oxygen atoms in total. The highest BCUT2D eigenvalue weighted by Crippen LogP contribution is 2.42. The van der Waals surface area contributed by atoms with Gasteiger partial charge in [0, 0.05) is 24.8 Å². The van der Waals surface area contributed by atoms with Crippen LogP contribution in [0.3, 0.4) is 0 Å². The molecule has 8 heteroatoms. The third-order valence-corrected chi connectivity index (χ3v) is 6.19. The first kappa shape index (κ1) is 18.8. The molecule has 1 saturated heterocycles. The van der Waals surface area contributed by atoms with Crippen LogP contribution in [0.15, 0.2) is 29.4 Å². The second-order valence-electron chi connectivity index (χ2n) is 7.37. The van der Waals surface area contributed by atoms with E-state index in [1.165, 1.54) is 31.0 Å². The summed E-state index contributed by atoms with van der Waals surface area (Å²) >= 11 is 1.46. The predicted octanol–water partition coefficient (Wildman–Crippen LogP) is 3.59. The van der Waals surface area contributed by atoms with Crippen molar-refractivity contribution in [1.29, 1.82) is 5.26 Å². The summed E-state index contributed by atoms with van der Waals surface area (Å²) in [5, 5.41) is 21.2. The van der Waals surface area contributed by atoms with Crippen molar-refractivity contribution in [2.75, 3.05) is 23.3 Å². The van der Waals surface area contributed by atoms with Crippen molar-refractivity contribution < 1.29 is 4.79 Å². The minimum Gasteiger partial charge on any atom is -0.341 e. The van der Waals surface area contributed by atoms with Crippen LogP contribution >= 0.6 is 11.8 Å². The van der Waals surface area contributed by atoms with Crippen LogP contribution < -0.4 is 10.2 Å². The molecule has 1 aromatic heterocycles. The van der Waals surface area contributed by atoms with Crippen molar-refractivity contribution in [2.45, 2.75) is 55.5 Å². The zero-order chi connectivity index (χ0) is 19.5. The molecule has 2 aliphatic rings. The Morgan fingerprint density at radius 2 is 1.93 bits per heavy atom. The average molecular weight is 397 g/mol. The topological polar surface area (TPSA) is 86.8 Å². The van der Waals surface area contributed by atoms with E-state index in [1.54, 1.807) is 24.3 Å². The predicted molar refractivity (Wildman–Crippen MR) is 109 cm³/mol. The summed E-state index contributed by atoms with van der Waals surface area (Å²) in [6.45, 7) is 3.95. The Labute approximate surface area is 169 Å². The first-order valence-corrected chi connectivity index (χ1v) is 10.7. The van der Waals surface area contributed by atoms with Crippen LogP contribution in [0.4, 0.5) is 11.6 Å². The van der Waals surface area contributed by atoms with Crippen molar-refractivity contribution in [3.8, 4) is 6.07 Å². The maximum atomic E-state index is 12.6. The van der Waals surface area contributed by atoms with Gasteiger partial charge in [0.2, 0.25) is 11.9 Å². The van der Waals surface area contributed by atoms with Crippen molar-refractivity contribution in [3.63, 3.8) is 0 Å². The highest BCUT2D eigenvalue weighted by atomic mass is 32.2. The standard InChI is InChI=1S/C20H24N6OS/c1-14(18(27)22-16-7-5-15(13-21)6-8-16)28-20-24-23-19(26(20)17-9-10-17)25-11-3-2-4-12-25/h5-8,14,17H,2-4,9-12H2,1H3,(H,22,27). The summed E-state index contributed by atoms with van der Waals surface area (Å²) < 4.78 is 2.24. The first-order valence-electron chi connectivity index (χ1n) is 9.83. The van der Waals surface area contributed by atoms with Crippen molar-refractivity contribution in [3.05, 3.63) is 29.8 Å². The molecule has 2 aromatic rings. The number of anilines is 2. The third kappa shape index (κ3) is 4.14. The van der Waals surface area contributed by atoms with Gasteiger partial charge in [0.1, 0.15) is 0 Å². The summed E-state index contributed by atoms with van der Waals surface area (Å²) in [5.74, 6) is 0.879. The Morgan fingerprint density at radius 3 is 2.57 bits per heavy atom. The van der Waals surface area contributed by atoms with E-state index in [0.29, 0.717) is 17.3 Å². The molecule has 146 valence electrons. The van der Waals surface area contributed by atoms with E-state index < -0.39 is 0 Å². The normalized spacial score (nSPS) is 17.8. The fourth-order valence-corrected chi connectivity index (χ4v) is 4.31. The molecule has 1 amide bonds. The van der Waals surface area contributed by atoms with Gasteiger partial charge >= 0.3 is 0 Å². The Bertz CT molecular complexity index is 877. The van der Waals surface area contributed by atoms with E-state index in [9.17, 15) is 4.79 Å². The van der Waals surface area contributed by atoms with E-state index in [0.717, 1.165) is 37.0 Å². The molecule has 1 unspecified atom stereocenters. The molecule has 1 aliphatic heterocycles. The minimum atomic E-state index is -0.299. The van der Waals surface area contributed by atoms with Gasteiger partial charge in [-0.15, -0.1) is 10.2 Å². The summed E-state index contributed by atoms with van der Waals surface area (Å²) in [6.07, 6.45) is 5.98.